The molecule has 3 aromatic rings. The molecule has 0 spiro atoms. The molecule has 0 saturated heterocycles. The largest absolute Gasteiger partial charge is 0.490 e. The van der Waals surface area contributed by atoms with Gasteiger partial charge in [0.05, 0.1) is 24.1 Å². The van der Waals surface area contributed by atoms with E-state index in [2.05, 4.69) is 15.0 Å². The van der Waals surface area contributed by atoms with Gasteiger partial charge >= 0.3 is 5.97 Å². The summed E-state index contributed by atoms with van der Waals surface area (Å²) in [5.41, 5.74) is 1.13. The molecule has 184 valence electrons. The third-order valence-electron chi connectivity index (χ3n) is 4.66. The first-order valence-corrected chi connectivity index (χ1v) is 12.5. The van der Waals surface area contributed by atoms with Crippen LogP contribution in [-0.2, 0) is 30.8 Å². The van der Waals surface area contributed by atoms with E-state index in [4.69, 9.17) is 21.1 Å². The molecule has 1 aromatic heterocycles. The van der Waals surface area contributed by atoms with E-state index in [1.165, 1.54) is 30.5 Å². The third-order valence-corrected chi connectivity index (χ3v) is 6.40. The zero-order valence-corrected chi connectivity index (χ0v) is 20.4. The van der Waals surface area contributed by atoms with Gasteiger partial charge in [0.15, 0.2) is 0 Å². The van der Waals surface area contributed by atoms with Crippen LogP contribution in [0.15, 0.2) is 78.0 Å². The second-order valence-corrected chi connectivity index (χ2v) is 9.45. The predicted molar refractivity (Wildman–Crippen MR) is 131 cm³/mol. The minimum absolute atomic E-state index is 0.0515. The van der Waals surface area contributed by atoms with Crippen LogP contribution in [0.3, 0.4) is 0 Å². The molecule has 1 amide bonds. The molecule has 1 atom stereocenters. The number of nitrogens with zero attached hydrogens (tertiary/aromatic N) is 1. The van der Waals surface area contributed by atoms with Crippen molar-refractivity contribution in [1.29, 1.82) is 0 Å². The van der Waals surface area contributed by atoms with Gasteiger partial charge in [-0.2, -0.15) is 4.72 Å². The van der Waals surface area contributed by atoms with Crippen LogP contribution in [-0.4, -0.2) is 44.5 Å². The summed E-state index contributed by atoms with van der Waals surface area (Å²) >= 11 is 5.85. The fourth-order valence-corrected chi connectivity index (χ4v) is 4.26. The maximum absolute atomic E-state index is 13.0. The van der Waals surface area contributed by atoms with Gasteiger partial charge < -0.3 is 14.8 Å². The van der Waals surface area contributed by atoms with Crippen molar-refractivity contribution in [3.63, 3.8) is 0 Å². The summed E-state index contributed by atoms with van der Waals surface area (Å²) in [6, 6.07) is 14.1. The molecule has 1 heterocycles. The van der Waals surface area contributed by atoms with Gasteiger partial charge in [0.1, 0.15) is 18.4 Å². The quantitative estimate of drug-likeness (QED) is 0.374. The third kappa shape index (κ3) is 8.06. The topological polar surface area (TPSA) is 124 Å². The first-order valence-electron chi connectivity index (χ1n) is 10.6. The lowest BCUT2D eigenvalue weighted by atomic mass is 10.1. The summed E-state index contributed by atoms with van der Waals surface area (Å²) in [7, 11) is -4.06. The average molecular weight is 518 g/mol. The van der Waals surface area contributed by atoms with Crippen LogP contribution in [0.2, 0.25) is 5.02 Å². The summed E-state index contributed by atoms with van der Waals surface area (Å²) in [6.07, 6.45) is 3.11. The van der Waals surface area contributed by atoms with Crippen molar-refractivity contribution in [2.45, 2.75) is 24.3 Å². The Morgan fingerprint density at radius 3 is 2.40 bits per heavy atom. The van der Waals surface area contributed by atoms with Crippen LogP contribution in [0.4, 0.5) is 5.69 Å². The Balaban J connectivity index is 1.74. The molecule has 0 fully saturated rings. The standard InChI is InChI=1S/C24H24ClN3O6S/c1-2-33-23(29)14-17-5-9-19(10-6-17)27-24(30)22(16-34-20-4-3-13-26-15-20)28-35(31,32)21-11-7-18(25)8-12-21/h3-13,15,22,28H,2,14,16H2,1H3,(H,27,30). The first kappa shape index (κ1) is 26.1. The number of carbonyl (C=O) groups excluding carboxylic acids is 2. The van der Waals surface area contributed by atoms with E-state index < -0.39 is 22.0 Å². The molecular formula is C24H24ClN3O6S. The highest BCUT2D eigenvalue weighted by atomic mass is 35.5. The van der Waals surface area contributed by atoms with E-state index in [9.17, 15) is 18.0 Å². The van der Waals surface area contributed by atoms with E-state index in [1.54, 1.807) is 49.5 Å². The van der Waals surface area contributed by atoms with Crippen LogP contribution in [0.1, 0.15) is 12.5 Å². The van der Waals surface area contributed by atoms with Crippen molar-refractivity contribution < 1.29 is 27.5 Å². The number of hydrogen-bond acceptors (Lipinski definition) is 7. The monoisotopic (exact) mass is 517 g/mol. The number of ether oxygens (including phenoxy) is 2. The molecule has 0 aliphatic carbocycles. The summed E-state index contributed by atoms with van der Waals surface area (Å²) in [5, 5.41) is 3.05. The zero-order chi connectivity index (χ0) is 25.3. The zero-order valence-electron chi connectivity index (χ0n) is 18.8. The van der Waals surface area contributed by atoms with Crippen LogP contribution >= 0.6 is 11.6 Å². The van der Waals surface area contributed by atoms with Crippen molar-refractivity contribution in [2.75, 3.05) is 18.5 Å². The number of nitrogens with one attached hydrogen (secondary N) is 2. The molecule has 0 aliphatic heterocycles. The molecule has 1 unspecified atom stereocenters. The minimum Gasteiger partial charge on any atom is -0.490 e. The van der Waals surface area contributed by atoms with Gasteiger partial charge in [0.2, 0.25) is 15.9 Å². The molecule has 9 nitrogen and oxygen atoms in total. The minimum atomic E-state index is -4.06. The predicted octanol–water partition coefficient (Wildman–Crippen LogP) is 3.21. The Hall–Kier alpha value is -3.47. The number of amides is 1. The Morgan fingerprint density at radius 1 is 1.06 bits per heavy atom. The lowest BCUT2D eigenvalue weighted by Gasteiger charge is -2.19. The van der Waals surface area contributed by atoms with Crippen LogP contribution in [0, 0.1) is 0 Å². The van der Waals surface area contributed by atoms with Crippen molar-refractivity contribution in [2.24, 2.45) is 0 Å². The number of anilines is 1. The molecule has 11 heteroatoms. The summed E-state index contributed by atoms with van der Waals surface area (Å²) in [6.45, 7) is 1.73. The fraction of sp³-hybridized carbons (Fsp3) is 0.208. The van der Waals surface area contributed by atoms with Gasteiger partial charge in [-0.3, -0.25) is 14.6 Å². The molecule has 2 aromatic carbocycles. The summed E-state index contributed by atoms with van der Waals surface area (Å²) < 4.78 is 38.7. The normalized spacial score (nSPS) is 11.9. The van der Waals surface area contributed by atoms with Gasteiger partial charge in [-0.1, -0.05) is 23.7 Å². The SMILES string of the molecule is CCOC(=O)Cc1ccc(NC(=O)C(COc2cccnc2)NS(=O)(=O)c2ccc(Cl)cc2)cc1. The molecule has 0 saturated carbocycles. The first-order chi connectivity index (χ1) is 16.8. The molecule has 35 heavy (non-hydrogen) atoms. The van der Waals surface area contributed by atoms with Crippen LogP contribution < -0.4 is 14.8 Å². The lowest BCUT2D eigenvalue weighted by molar-refractivity contribution is -0.142. The fourth-order valence-electron chi connectivity index (χ4n) is 2.96. The number of benzene rings is 2. The molecule has 3 rings (SSSR count). The number of hydrogen-bond donors (Lipinski definition) is 2. The smallest absolute Gasteiger partial charge is 0.310 e. The number of pyridine rings is 1. The highest BCUT2D eigenvalue weighted by Crippen LogP contribution is 2.16. The molecule has 0 aliphatic rings. The molecule has 2 N–H and O–H groups in total. The summed E-state index contributed by atoms with van der Waals surface area (Å²) in [4.78, 5) is 28.5. The Bertz CT molecular complexity index is 1240. The van der Waals surface area contributed by atoms with E-state index in [0.717, 1.165) is 0 Å². The average Bonchev–Trinajstić information content (AvgIpc) is 2.84. The maximum atomic E-state index is 13.0. The van der Waals surface area contributed by atoms with Crippen molar-refractivity contribution in [3.05, 3.63) is 83.6 Å². The Labute approximate surface area is 208 Å². The number of halogens is 1. The van der Waals surface area contributed by atoms with E-state index in [0.29, 0.717) is 28.6 Å². The van der Waals surface area contributed by atoms with Gasteiger partial charge in [0, 0.05) is 16.9 Å². The van der Waals surface area contributed by atoms with Gasteiger partial charge in [-0.15, -0.1) is 0 Å². The van der Waals surface area contributed by atoms with Crippen LogP contribution in [0.5, 0.6) is 5.75 Å². The maximum Gasteiger partial charge on any atom is 0.310 e. The Kier molecular flexibility index (Phi) is 9.18. The van der Waals surface area contributed by atoms with E-state index >= 15 is 0 Å². The summed E-state index contributed by atoms with van der Waals surface area (Å²) in [5.74, 6) is -0.614. The van der Waals surface area contributed by atoms with Gasteiger partial charge in [-0.05, 0) is 61.0 Å². The van der Waals surface area contributed by atoms with E-state index in [-0.39, 0.29) is 23.9 Å². The highest BCUT2D eigenvalue weighted by molar-refractivity contribution is 7.89. The second kappa shape index (κ2) is 12.3. The highest BCUT2D eigenvalue weighted by Gasteiger charge is 2.27. The number of aromatic nitrogens is 1. The molecular weight excluding hydrogens is 494 g/mol. The molecule has 0 radical (unpaired) electrons. The number of carbonyl (C=O) groups is 2. The Morgan fingerprint density at radius 2 is 1.77 bits per heavy atom. The van der Waals surface area contributed by atoms with E-state index in [1.807, 2.05) is 0 Å². The number of rotatable bonds is 11. The van der Waals surface area contributed by atoms with Crippen molar-refractivity contribution in [3.8, 4) is 5.75 Å². The van der Waals surface area contributed by atoms with Crippen molar-refractivity contribution >= 4 is 39.2 Å². The second-order valence-electron chi connectivity index (χ2n) is 7.30. The van der Waals surface area contributed by atoms with Gasteiger partial charge in [-0.25, -0.2) is 8.42 Å². The number of sulfonamides is 1. The van der Waals surface area contributed by atoms with Crippen molar-refractivity contribution in [1.82, 2.24) is 9.71 Å². The molecule has 0 bridgehead atoms. The lowest BCUT2D eigenvalue weighted by Crippen LogP contribution is -2.47. The number of esters is 1. The van der Waals surface area contributed by atoms with Gasteiger partial charge in [0.25, 0.3) is 0 Å². The van der Waals surface area contributed by atoms with Crippen LogP contribution in [0.25, 0.3) is 0 Å².